The molecule has 0 radical (unpaired) electrons. The first kappa shape index (κ1) is 11.6. The van der Waals surface area contributed by atoms with E-state index < -0.39 is 0 Å². The van der Waals surface area contributed by atoms with E-state index in [1.54, 1.807) is 22.7 Å². The maximum absolute atomic E-state index is 6.14. The summed E-state index contributed by atoms with van der Waals surface area (Å²) in [4.78, 5) is 0. The molecule has 0 saturated carbocycles. The number of benzene rings is 1. The molecule has 2 heterocycles. The van der Waals surface area contributed by atoms with Gasteiger partial charge in [0.2, 0.25) is 0 Å². The summed E-state index contributed by atoms with van der Waals surface area (Å²) in [6.07, 6.45) is 0. The van der Waals surface area contributed by atoms with Crippen LogP contribution in [-0.4, -0.2) is 6.71 Å². The van der Waals surface area contributed by atoms with E-state index in [9.17, 15) is 0 Å². The number of rotatable bonds is 3. The van der Waals surface area contributed by atoms with Gasteiger partial charge >= 0.3 is 0 Å². The van der Waals surface area contributed by atoms with Crippen molar-refractivity contribution in [3.63, 3.8) is 0 Å². The van der Waals surface area contributed by atoms with E-state index in [4.69, 9.17) is 5.73 Å². The zero-order valence-electron chi connectivity index (χ0n) is 9.74. The van der Waals surface area contributed by atoms with Crippen molar-refractivity contribution in [2.45, 2.75) is 0 Å². The molecule has 1 aromatic carbocycles. The van der Waals surface area contributed by atoms with Crippen LogP contribution < -0.4 is 20.7 Å². The van der Waals surface area contributed by atoms with Crippen LogP contribution in [0.5, 0.6) is 0 Å². The molecule has 0 amide bonds. The molecular weight excluding hydrogens is 257 g/mol. The Morgan fingerprint density at radius 2 is 1.39 bits per heavy atom. The van der Waals surface area contributed by atoms with Gasteiger partial charge in [0.15, 0.2) is 0 Å². The molecule has 0 fully saturated rings. The number of thiophene rings is 2. The molecule has 88 valence electrons. The maximum atomic E-state index is 6.14. The van der Waals surface area contributed by atoms with Crippen molar-refractivity contribution in [2.24, 2.45) is 0 Å². The van der Waals surface area contributed by atoms with E-state index in [2.05, 4.69) is 47.2 Å². The van der Waals surface area contributed by atoms with E-state index in [0.717, 1.165) is 5.69 Å². The molecule has 0 aliphatic carbocycles. The molecule has 0 spiro atoms. The molecule has 2 N–H and O–H groups in total. The summed E-state index contributed by atoms with van der Waals surface area (Å²) in [6.45, 7) is 0.270. The van der Waals surface area contributed by atoms with Gasteiger partial charge in [-0.1, -0.05) is 42.5 Å². The van der Waals surface area contributed by atoms with E-state index >= 15 is 0 Å². The molecule has 0 unspecified atom stereocenters. The van der Waals surface area contributed by atoms with Gasteiger partial charge in [0.25, 0.3) is 6.71 Å². The number of para-hydroxylation sites is 1. The number of nitrogens with two attached hydrogens (primary N) is 1. The standard InChI is InChI=1S/C14H12BNS2/c16-12-6-2-1-5-11(12)15(13-7-3-9-17-13)14-8-4-10-18-14/h1-10H,16H2. The topological polar surface area (TPSA) is 26.0 Å². The number of hydrogen-bond acceptors (Lipinski definition) is 3. The largest absolute Gasteiger partial charge is 0.399 e. The van der Waals surface area contributed by atoms with E-state index in [0.29, 0.717) is 0 Å². The molecule has 2 aromatic heterocycles. The zero-order valence-corrected chi connectivity index (χ0v) is 11.4. The first-order valence-electron chi connectivity index (χ1n) is 5.77. The summed E-state index contributed by atoms with van der Waals surface area (Å²) >= 11 is 3.57. The first-order valence-corrected chi connectivity index (χ1v) is 7.53. The van der Waals surface area contributed by atoms with Gasteiger partial charge in [-0.3, -0.25) is 0 Å². The van der Waals surface area contributed by atoms with Gasteiger partial charge in [-0.2, -0.15) is 22.7 Å². The Labute approximate surface area is 115 Å². The van der Waals surface area contributed by atoms with E-state index in [1.807, 2.05) is 12.1 Å². The van der Waals surface area contributed by atoms with Crippen LogP contribution in [0.2, 0.25) is 0 Å². The van der Waals surface area contributed by atoms with Crippen molar-refractivity contribution < 1.29 is 0 Å². The predicted octanol–water partition coefficient (Wildman–Crippen LogP) is 1.91. The number of nitrogen functional groups attached to an aromatic ring is 1. The fraction of sp³-hybridized carbons (Fsp3) is 0. The van der Waals surface area contributed by atoms with Gasteiger partial charge in [-0.15, -0.1) is 0 Å². The maximum Gasteiger partial charge on any atom is 0.268 e. The number of hydrogen-bond donors (Lipinski definition) is 1. The minimum Gasteiger partial charge on any atom is -0.399 e. The Bertz CT molecular complexity index is 583. The Morgan fingerprint density at radius 3 is 1.89 bits per heavy atom. The highest BCUT2D eigenvalue weighted by molar-refractivity contribution is 7.33. The highest BCUT2D eigenvalue weighted by Crippen LogP contribution is 2.06. The fourth-order valence-corrected chi connectivity index (χ4v) is 3.93. The molecular formula is C14H12BNS2. The van der Waals surface area contributed by atoms with Crippen molar-refractivity contribution >= 4 is 50.1 Å². The first-order chi connectivity index (χ1) is 8.86. The smallest absolute Gasteiger partial charge is 0.268 e. The lowest BCUT2D eigenvalue weighted by molar-refractivity contribution is 1.73. The van der Waals surface area contributed by atoms with Crippen LogP contribution >= 0.6 is 22.7 Å². The van der Waals surface area contributed by atoms with Crippen LogP contribution in [0.1, 0.15) is 0 Å². The van der Waals surface area contributed by atoms with Crippen LogP contribution in [0, 0.1) is 0 Å². The van der Waals surface area contributed by atoms with Crippen molar-refractivity contribution in [1.82, 2.24) is 0 Å². The molecule has 3 aromatic rings. The molecule has 0 aliphatic heterocycles. The van der Waals surface area contributed by atoms with Gasteiger partial charge in [0.1, 0.15) is 0 Å². The SMILES string of the molecule is Nc1ccccc1B(c1cccs1)c1cccs1. The normalized spacial score (nSPS) is 10.4. The van der Waals surface area contributed by atoms with Crippen LogP contribution in [-0.2, 0) is 0 Å². The monoisotopic (exact) mass is 269 g/mol. The van der Waals surface area contributed by atoms with Crippen LogP contribution in [0.4, 0.5) is 5.69 Å². The van der Waals surface area contributed by atoms with E-state index in [1.165, 1.54) is 15.0 Å². The van der Waals surface area contributed by atoms with Gasteiger partial charge in [0.05, 0.1) is 0 Å². The van der Waals surface area contributed by atoms with Crippen LogP contribution in [0.3, 0.4) is 0 Å². The summed E-state index contributed by atoms with van der Waals surface area (Å²) in [5.74, 6) is 0. The lowest BCUT2D eigenvalue weighted by Crippen LogP contribution is -2.50. The summed E-state index contributed by atoms with van der Waals surface area (Å²) in [6, 6.07) is 16.7. The molecule has 3 rings (SSSR count). The summed E-state index contributed by atoms with van der Waals surface area (Å²) < 4.78 is 2.69. The lowest BCUT2D eigenvalue weighted by Gasteiger charge is -2.13. The van der Waals surface area contributed by atoms with E-state index in [-0.39, 0.29) is 6.71 Å². The third-order valence-corrected chi connectivity index (χ3v) is 4.84. The van der Waals surface area contributed by atoms with Crippen molar-refractivity contribution in [1.29, 1.82) is 0 Å². The Morgan fingerprint density at radius 1 is 0.778 bits per heavy atom. The minimum atomic E-state index is 0.270. The lowest BCUT2D eigenvalue weighted by atomic mass is 9.42. The molecule has 4 heteroatoms. The van der Waals surface area contributed by atoms with Crippen molar-refractivity contribution in [2.75, 3.05) is 5.73 Å². The van der Waals surface area contributed by atoms with Gasteiger partial charge in [-0.05, 0) is 31.8 Å². The molecule has 0 bridgehead atoms. The molecule has 18 heavy (non-hydrogen) atoms. The molecule has 1 nitrogen and oxygen atoms in total. The van der Waals surface area contributed by atoms with Gasteiger partial charge in [-0.25, -0.2) is 0 Å². The minimum absolute atomic E-state index is 0.270. The second-order valence-corrected chi connectivity index (χ2v) is 6.05. The highest BCUT2D eigenvalue weighted by Gasteiger charge is 2.25. The Kier molecular flexibility index (Phi) is 3.21. The second-order valence-electron chi connectivity index (χ2n) is 4.09. The van der Waals surface area contributed by atoms with Crippen molar-refractivity contribution in [3.05, 3.63) is 59.3 Å². The summed E-state index contributed by atoms with van der Waals surface area (Å²) in [5.41, 5.74) is 8.20. The molecule has 0 atom stereocenters. The second kappa shape index (κ2) is 5.00. The van der Waals surface area contributed by atoms with Crippen molar-refractivity contribution in [3.8, 4) is 0 Å². The zero-order chi connectivity index (χ0) is 12.4. The quantitative estimate of drug-likeness (QED) is 0.570. The van der Waals surface area contributed by atoms with Crippen LogP contribution in [0.25, 0.3) is 0 Å². The Hall–Kier alpha value is -1.52. The van der Waals surface area contributed by atoms with Gasteiger partial charge < -0.3 is 5.73 Å². The highest BCUT2D eigenvalue weighted by atomic mass is 32.1. The number of anilines is 1. The summed E-state index contributed by atoms with van der Waals surface area (Å²) in [5, 5.41) is 4.24. The predicted molar refractivity (Wildman–Crippen MR) is 84.1 cm³/mol. The fourth-order valence-electron chi connectivity index (χ4n) is 2.13. The third kappa shape index (κ3) is 2.09. The molecule has 0 aliphatic rings. The average molecular weight is 269 g/mol. The third-order valence-electron chi connectivity index (χ3n) is 2.96. The van der Waals surface area contributed by atoms with Crippen LogP contribution in [0.15, 0.2) is 59.3 Å². The van der Waals surface area contributed by atoms with Gasteiger partial charge in [0, 0.05) is 5.69 Å². The molecule has 0 saturated heterocycles. The summed E-state index contributed by atoms with van der Waals surface area (Å²) in [7, 11) is 0. The Balaban J connectivity index is 2.15. The average Bonchev–Trinajstić information content (AvgIpc) is 3.05.